The Morgan fingerprint density at radius 1 is 1.12 bits per heavy atom. The van der Waals surface area contributed by atoms with Crippen molar-refractivity contribution < 1.29 is 27.5 Å². The van der Waals surface area contributed by atoms with Gasteiger partial charge in [-0.05, 0) is 32.4 Å². The third-order valence-electron chi connectivity index (χ3n) is 4.09. The normalized spacial score (nSPS) is 18.1. The van der Waals surface area contributed by atoms with Crippen LogP contribution in [0.25, 0.3) is 0 Å². The van der Waals surface area contributed by atoms with Crippen molar-refractivity contribution in [2.75, 3.05) is 7.11 Å². The quantitative estimate of drug-likeness (QED) is 0.842. The van der Waals surface area contributed by atoms with E-state index in [9.17, 15) is 22.8 Å². The molecule has 0 aliphatic carbocycles. The summed E-state index contributed by atoms with van der Waals surface area (Å²) in [5.41, 5.74) is 0.673. The number of benzene rings is 1. The van der Waals surface area contributed by atoms with Gasteiger partial charge in [0.15, 0.2) is 5.78 Å². The zero-order chi connectivity index (χ0) is 18.9. The number of allylic oxidation sites excluding steroid dienone is 3. The monoisotopic (exact) mass is 353 g/mol. The molecule has 1 atom stereocenters. The van der Waals surface area contributed by atoms with Crippen LogP contribution in [0.15, 0.2) is 46.8 Å². The molecule has 1 N–H and O–H groups in total. The summed E-state index contributed by atoms with van der Waals surface area (Å²) in [6.07, 6.45) is -4.53. The Kier molecular flexibility index (Phi) is 5.06. The van der Waals surface area contributed by atoms with E-state index in [1.54, 1.807) is 13.8 Å². The van der Waals surface area contributed by atoms with E-state index < -0.39 is 23.6 Å². The molecule has 1 aliphatic heterocycles. The Hall–Kier alpha value is -2.57. The average molecular weight is 353 g/mol. The van der Waals surface area contributed by atoms with Gasteiger partial charge in [-0.2, -0.15) is 13.2 Å². The van der Waals surface area contributed by atoms with Crippen molar-refractivity contribution >= 4 is 11.8 Å². The summed E-state index contributed by atoms with van der Waals surface area (Å²) in [7, 11) is 1.18. The second kappa shape index (κ2) is 6.74. The van der Waals surface area contributed by atoms with Crippen LogP contribution in [0.3, 0.4) is 0 Å². The number of alkyl halides is 3. The van der Waals surface area contributed by atoms with E-state index >= 15 is 0 Å². The lowest BCUT2D eigenvalue weighted by molar-refractivity contribution is -0.137. The number of rotatable bonds is 3. The van der Waals surface area contributed by atoms with Crippen molar-refractivity contribution in [3.63, 3.8) is 0 Å². The third-order valence-corrected chi connectivity index (χ3v) is 4.09. The molecule has 1 aromatic rings. The van der Waals surface area contributed by atoms with Crippen molar-refractivity contribution in [3.8, 4) is 0 Å². The molecule has 0 saturated heterocycles. The first kappa shape index (κ1) is 18.8. The fourth-order valence-corrected chi connectivity index (χ4v) is 3.07. The molecule has 0 bridgehead atoms. The van der Waals surface area contributed by atoms with Gasteiger partial charge in [0.2, 0.25) is 0 Å². The number of dihydropyridines is 1. The molecule has 0 spiro atoms. The largest absolute Gasteiger partial charge is 0.466 e. The van der Waals surface area contributed by atoms with Gasteiger partial charge < -0.3 is 10.1 Å². The van der Waals surface area contributed by atoms with Crippen LogP contribution in [0.4, 0.5) is 13.2 Å². The van der Waals surface area contributed by atoms with Gasteiger partial charge in [0.1, 0.15) is 0 Å². The number of methoxy groups -OCH3 is 1. The molecule has 0 amide bonds. The van der Waals surface area contributed by atoms with Crippen LogP contribution in [-0.2, 0) is 20.5 Å². The predicted octanol–water partition coefficient (Wildman–Crippen LogP) is 3.70. The minimum atomic E-state index is -4.53. The van der Waals surface area contributed by atoms with E-state index in [0.29, 0.717) is 11.4 Å². The second-order valence-corrected chi connectivity index (χ2v) is 5.81. The molecule has 0 saturated carbocycles. The van der Waals surface area contributed by atoms with Crippen LogP contribution in [-0.4, -0.2) is 18.9 Å². The molecular formula is C18H18F3NO3. The molecule has 0 fully saturated rings. The highest BCUT2D eigenvalue weighted by Crippen LogP contribution is 2.40. The number of carbonyl (C=O) groups excluding carboxylic acids is 2. The number of esters is 1. The molecule has 0 aromatic heterocycles. The van der Waals surface area contributed by atoms with Crippen molar-refractivity contribution in [1.29, 1.82) is 0 Å². The van der Waals surface area contributed by atoms with Gasteiger partial charge in [0.25, 0.3) is 0 Å². The Morgan fingerprint density at radius 2 is 1.72 bits per heavy atom. The third kappa shape index (κ3) is 3.60. The predicted molar refractivity (Wildman–Crippen MR) is 85.4 cm³/mol. The molecule has 1 heterocycles. The molecule has 7 heteroatoms. The molecule has 134 valence electrons. The topological polar surface area (TPSA) is 55.4 Å². The lowest BCUT2D eigenvalue weighted by atomic mass is 9.78. The van der Waals surface area contributed by atoms with Crippen molar-refractivity contribution in [2.24, 2.45) is 0 Å². The maximum atomic E-state index is 13.1. The lowest BCUT2D eigenvalue weighted by Gasteiger charge is -2.30. The van der Waals surface area contributed by atoms with Crippen LogP contribution in [0, 0.1) is 0 Å². The summed E-state index contributed by atoms with van der Waals surface area (Å²) < 4.78 is 44.0. The summed E-state index contributed by atoms with van der Waals surface area (Å²) in [6.45, 7) is 4.58. The van der Waals surface area contributed by atoms with Crippen LogP contribution in [0.5, 0.6) is 0 Å². The first-order valence-electron chi connectivity index (χ1n) is 7.52. The van der Waals surface area contributed by atoms with Gasteiger partial charge in [-0.25, -0.2) is 4.79 Å². The number of halogens is 3. The number of hydrogen-bond acceptors (Lipinski definition) is 4. The van der Waals surface area contributed by atoms with Crippen molar-refractivity contribution in [1.82, 2.24) is 5.32 Å². The second-order valence-electron chi connectivity index (χ2n) is 5.81. The molecule has 1 unspecified atom stereocenters. The molecule has 4 nitrogen and oxygen atoms in total. The summed E-state index contributed by atoms with van der Waals surface area (Å²) in [5, 5.41) is 2.94. The van der Waals surface area contributed by atoms with E-state index in [1.165, 1.54) is 26.2 Å². The average Bonchev–Trinajstić information content (AvgIpc) is 2.52. The minimum Gasteiger partial charge on any atom is -0.466 e. The number of nitrogens with one attached hydrogen (secondary N) is 1. The summed E-state index contributed by atoms with van der Waals surface area (Å²) >= 11 is 0. The Balaban J connectivity index is 2.72. The highest BCUT2D eigenvalue weighted by molar-refractivity contribution is 6.02. The lowest BCUT2D eigenvalue weighted by Crippen LogP contribution is -2.31. The van der Waals surface area contributed by atoms with Crippen LogP contribution in [0.1, 0.15) is 37.8 Å². The van der Waals surface area contributed by atoms with E-state index in [1.807, 2.05) is 0 Å². The Bertz CT molecular complexity index is 791. The first-order valence-corrected chi connectivity index (χ1v) is 7.52. The van der Waals surface area contributed by atoms with Crippen molar-refractivity contribution in [2.45, 2.75) is 32.9 Å². The minimum absolute atomic E-state index is 0.123. The number of ketones is 1. The van der Waals surface area contributed by atoms with Gasteiger partial charge in [-0.3, -0.25) is 4.79 Å². The number of carbonyl (C=O) groups is 2. The number of hydrogen-bond donors (Lipinski definition) is 1. The Labute approximate surface area is 143 Å². The van der Waals surface area contributed by atoms with Gasteiger partial charge in [-0.15, -0.1) is 0 Å². The van der Waals surface area contributed by atoms with Crippen LogP contribution < -0.4 is 5.32 Å². The maximum Gasteiger partial charge on any atom is 0.416 e. The molecular weight excluding hydrogens is 335 g/mol. The molecule has 25 heavy (non-hydrogen) atoms. The maximum absolute atomic E-state index is 13.1. The summed E-state index contributed by atoms with van der Waals surface area (Å²) in [6, 6.07) is 4.64. The highest BCUT2D eigenvalue weighted by atomic mass is 19.4. The van der Waals surface area contributed by atoms with E-state index in [-0.39, 0.29) is 22.5 Å². The van der Waals surface area contributed by atoms with Gasteiger partial charge >= 0.3 is 12.1 Å². The fourth-order valence-electron chi connectivity index (χ4n) is 3.07. The van der Waals surface area contributed by atoms with Gasteiger partial charge in [0, 0.05) is 22.9 Å². The van der Waals surface area contributed by atoms with Gasteiger partial charge in [-0.1, -0.05) is 18.2 Å². The molecule has 1 aliphatic rings. The highest BCUT2D eigenvalue weighted by Gasteiger charge is 2.37. The van der Waals surface area contributed by atoms with E-state index in [2.05, 4.69) is 5.32 Å². The molecule has 1 aromatic carbocycles. The fraction of sp³-hybridized carbons (Fsp3) is 0.333. The van der Waals surface area contributed by atoms with E-state index in [0.717, 1.165) is 12.1 Å². The molecule has 2 rings (SSSR count). The van der Waals surface area contributed by atoms with Crippen molar-refractivity contribution in [3.05, 3.63) is 57.9 Å². The van der Waals surface area contributed by atoms with Gasteiger partial charge in [0.05, 0.1) is 18.2 Å². The summed E-state index contributed by atoms with van der Waals surface area (Å²) in [4.78, 5) is 24.4. The number of ether oxygens (including phenoxy) is 1. The van der Waals surface area contributed by atoms with Crippen LogP contribution in [0.2, 0.25) is 0 Å². The van der Waals surface area contributed by atoms with E-state index in [4.69, 9.17) is 4.74 Å². The first-order chi connectivity index (χ1) is 11.6. The number of Topliss-reactive ketones (excluding diaryl/α,β-unsaturated/α-hetero) is 1. The standard InChI is InChI=1S/C18H18F3NO3/c1-9-14(11(3)23)16(15(10(2)22-9)17(24)25-4)12-6-5-7-13(8-12)18(19,20)21/h5-8,16,22H,1-4H3. The smallest absolute Gasteiger partial charge is 0.416 e. The molecule has 0 radical (unpaired) electrons. The summed E-state index contributed by atoms with van der Waals surface area (Å²) in [5.74, 6) is -1.95. The zero-order valence-electron chi connectivity index (χ0n) is 14.2. The zero-order valence-corrected chi connectivity index (χ0v) is 14.2. The SMILES string of the molecule is COC(=O)C1=C(C)NC(C)=C(C(C)=O)C1c1cccc(C(F)(F)F)c1. The van der Waals surface area contributed by atoms with Crippen LogP contribution >= 0.6 is 0 Å². The Morgan fingerprint density at radius 3 is 2.24 bits per heavy atom.